The van der Waals surface area contributed by atoms with Crippen molar-refractivity contribution < 1.29 is 8.42 Å². The lowest BCUT2D eigenvalue weighted by Crippen LogP contribution is -2.41. The lowest BCUT2D eigenvalue weighted by Gasteiger charge is -2.32. The first-order chi connectivity index (χ1) is 9.57. The number of rotatable bonds is 3. The fourth-order valence-electron chi connectivity index (χ4n) is 2.95. The zero-order valence-electron chi connectivity index (χ0n) is 11.2. The van der Waals surface area contributed by atoms with E-state index in [1.165, 1.54) is 23.6 Å². The number of nitrogen functional groups attached to an aromatic ring is 1. The van der Waals surface area contributed by atoms with Crippen LogP contribution in [0.15, 0.2) is 4.34 Å². The summed E-state index contributed by atoms with van der Waals surface area (Å²) in [5.41, 5.74) is 5.47. The minimum absolute atomic E-state index is 0.00861. The molecule has 20 heavy (non-hydrogen) atoms. The van der Waals surface area contributed by atoms with E-state index < -0.39 is 10.0 Å². The van der Waals surface area contributed by atoms with Crippen LogP contribution in [0.25, 0.3) is 0 Å². The monoisotopic (exact) mass is 317 g/mol. The van der Waals surface area contributed by atoms with Crippen molar-refractivity contribution in [2.24, 2.45) is 0 Å². The van der Waals surface area contributed by atoms with Crippen molar-refractivity contribution in [3.05, 3.63) is 0 Å². The van der Waals surface area contributed by atoms with Crippen LogP contribution in [0.3, 0.4) is 0 Å². The van der Waals surface area contributed by atoms with E-state index in [4.69, 9.17) is 5.73 Å². The van der Waals surface area contributed by atoms with E-state index in [2.05, 4.69) is 15.1 Å². The minimum Gasteiger partial charge on any atom is -0.374 e. The van der Waals surface area contributed by atoms with E-state index in [0.29, 0.717) is 19.1 Å². The summed E-state index contributed by atoms with van der Waals surface area (Å²) in [5.74, 6) is 0. The van der Waals surface area contributed by atoms with Gasteiger partial charge in [0, 0.05) is 19.1 Å². The third-order valence-electron chi connectivity index (χ3n) is 4.02. The maximum Gasteiger partial charge on any atom is 0.272 e. The van der Waals surface area contributed by atoms with E-state index >= 15 is 0 Å². The number of anilines is 1. The van der Waals surface area contributed by atoms with Crippen LogP contribution in [0, 0.1) is 0 Å². The summed E-state index contributed by atoms with van der Waals surface area (Å²) in [6, 6.07) is 0.343. The molecule has 1 aromatic heterocycles. The minimum atomic E-state index is -3.52. The van der Waals surface area contributed by atoms with E-state index in [9.17, 15) is 8.42 Å². The number of likely N-dealkylation sites (tertiary alicyclic amines) is 1. The molecule has 7 nitrogen and oxygen atoms in total. The standard InChI is InChI=1S/C11H19N5O2S2/c12-10-13-14-11(19-10)20(17,18)16-7-4-9(8-16)15-5-2-1-3-6-15/h9H,1-8H2,(H2,12,13). The van der Waals surface area contributed by atoms with Gasteiger partial charge in [-0.05, 0) is 32.4 Å². The molecule has 0 radical (unpaired) electrons. The molecule has 0 spiro atoms. The summed E-state index contributed by atoms with van der Waals surface area (Å²) in [6.07, 6.45) is 4.62. The van der Waals surface area contributed by atoms with Crippen LogP contribution in [0.5, 0.6) is 0 Å². The number of hydrogen-bond donors (Lipinski definition) is 1. The average Bonchev–Trinajstić information content (AvgIpc) is 3.09. The van der Waals surface area contributed by atoms with Crippen molar-refractivity contribution in [1.29, 1.82) is 0 Å². The number of nitrogens with zero attached hydrogens (tertiary/aromatic N) is 4. The van der Waals surface area contributed by atoms with Crippen LogP contribution in [-0.2, 0) is 10.0 Å². The highest BCUT2D eigenvalue weighted by Gasteiger charge is 2.37. The lowest BCUT2D eigenvalue weighted by atomic mass is 10.1. The SMILES string of the molecule is Nc1nnc(S(=O)(=O)N2CCC(N3CCCCC3)C2)s1. The number of nitrogens with two attached hydrogens (primary N) is 1. The molecule has 0 bridgehead atoms. The summed E-state index contributed by atoms with van der Waals surface area (Å²) in [4.78, 5) is 2.42. The predicted octanol–water partition coefficient (Wildman–Crippen LogP) is 0.369. The quantitative estimate of drug-likeness (QED) is 0.866. The number of aromatic nitrogens is 2. The third-order valence-corrected chi connectivity index (χ3v) is 6.98. The molecule has 2 saturated heterocycles. The Labute approximate surface area is 122 Å². The van der Waals surface area contributed by atoms with Gasteiger partial charge in [-0.25, -0.2) is 8.42 Å². The van der Waals surface area contributed by atoms with Crippen molar-refractivity contribution in [3.63, 3.8) is 0 Å². The topological polar surface area (TPSA) is 92.4 Å². The molecule has 3 heterocycles. The summed E-state index contributed by atoms with van der Waals surface area (Å²) >= 11 is 0.931. The van der Waals surface area contributed by atoms with Crippen molar-refractivity contribution in [1.82, 2.24) is 19.4 Å². The highest BCUT2D eigenvalue weighted by Crippen LogP contribution is 2.27. The number of piperidine rings is 1. The molecule has 2 N–H and O–H groups in total. The Morgan fingerprint density at radius 3 is 2.55 bits per heavy atom. The molecule has 1 unspecified atom stereocenters. The smallest absolute Gasteiger partial charge is 0.272 e. The zero-order chi connectivity index (χ0) is 14.2. The molecular formula is C11H19N5O2S2. The molecule has 1 aromatic rings. The second-order valence-electron chi connectivity index (χ2n) is 5.31. The second-order valence-corrected chi connectivity index (χ2v) is 8.43. The second kappa shape index (κ2) is 5.55. The van der Waals surface area contributed by atoms with Gasteiger partial charge >= 0.3 is 0 Å². The molecular weight excluding hydrogens is 298 g/mol. The molecule has 1 atom stereocenters. The molecule has 0 saturated carbocycles. The Bertz CT molecular complexity index is 567. The number of sulfonamides is 1. The molecule has 112 valence electrons. The van der Waals surface area contributed by atoms with Crippen molar-refractivity contribution in [3.8, 4) is 0 Å². The molecule has 2 aliphatic heterocycles. The van der Waals surface area contributed by atoms with Crippen molar-refractivity contribution >= 4 is 26.5 Å². The van der Waals surface area contributed by atoms with Gasteiger partial charge in [0.25, 0.3) is 10.0 Å². The Morgan fingerprint density at radius 2 is 1.90 bits per heavy atom. The first kappa shape index (κ1) is 14.2. The Balaban J connectivity index is 1.70. The van der Waals surface area contributed by atoms with E-state index in [1.54, 1.807) is 0 Å². The predicted molar refractivity (Wildman–Crippen MR) is 76.9 cm³/mol. The zero-order valence-corrected chi connectivity index (χ0v) is 12.9. The van der Waals surface area contributed by atoms with E-state index in [-0.39, 0.29) is 9.47 Å². The molecule has 0 aliphatic carbocycles. The van der Waals surface area contributed by atoms with Gasteiger partial charge in [0.15, 0.2) is 0 Å². The van der Waals surface area contributed by atoms with Gasteiger partial charge in [0.05, 0.1) is 0 Å². The average molecular weight is 317 g/mol. The van der Waals surface area contributed by atoms with E-state index in [1.807, 2.05) is 0 Å². The molecule has 0 aromatic carbocycles. The maximum absolute atomic E-state index is 12.4. The molecule has 2 aliphatic rings. The Kier molecular flexibility index (Phi) is 3.93. The summed E-state index contributed by atoms with van der Waals surface area (Å²) < 4.78 is 26.4. The van der Waals surface area contributed by atoms with Gasteiger partial charge in [-0.1, -0.05) is 17.8 Å². The van der Waals surface area contributed by atoms with Crippen LogP contribution in [0.1, 0.15) is 25.7 Å². The first-order valence-corrected chi connectivity index (χ1v) is 9.16. The van der Waals surface area contributed by atoms with Gasteiger partial charge in [-0.3, -0.25) is 4.90 Å². The van der Waals surface area contributed by atoms with Gasteiger partial charge in [-0.15, -0.1) is 10.2 Å². The van der Waals surface area contributed by atoms with E-state index in [0.717, 1.165) is 30.8 Å². The summed E-state index contributed by atoms with van der Waals surface area (Å²) in [6.45, 7) is 3.29. The van der Waals surface area contributed by atoms with Gasteiger partial charge in [0.2, 0.25) is 9.47 Å². The third kappa shape index (κ3) is 2.67. The number of hydrogen-bond acceptors (Lipinski definition) is 7. The van der Waals surface area contributed by atoms with Gasteiger partial charge in [-0.2, -0.15) is 4.31 Å². The maximum atomic E-state index is 12.4. The Hall–Kier alpha value is -0.770. The molecule has 9 heteroatoms. The highest BCUT2D eigenvalue weighted by molar-refractivity contribution is 7.91. The fourth-order valence-corrected chi connectivity index (χ4v) is 5.36. The first-order valence-electron chi connectivity index (χ1n) is 6.90. The van der Waals surface area contributed by atoms with Crippen LogP contribution in [-0.4, -0.2) is 60.0 Å². The molecule has 3 rings (SSSR count). The summed E-state index contributed by atoms with van der Waals surface area (Å²) in [7, 11) is -3.52. The fraction of sp³-hybridized carbons (Fsp3) is 0.818. The van der Waals surface area contributed by atoms with Crippen LogP contribution in [0.2, 0.25) is 0 Å². The normalized spacial score (nSPS) is 26.1. The summed E-state index contributed by atoms with van der Waals surface area (Å²) in [5, 5.41) is 7.45. The lowest BCUT2D eigenvalue weighted by molar-refractivity contribution is 0.169. The highest BCUT2D eigenvalue weighted by atomic mass is 32.2. The van der Waals surface area contributed by atoms with Crippen LogP contribution in [0.4, 0.5) is 5.13 Å². The van der Waals surface area contributed by atoms with Crippen molar-refractivity contribution in [2.75, 3.05) is 31.9 Å². The molecule has 0 amide bonds. The Morgan fingerprint density at radius 1 is 1.15 bits per heavy atom. The van der Waals surface area contributed by atoms with Gasteiger partial charge in [0.1, 0.15) is 0 Å². The van der Waals surface area contributed by atoms with Crippen molar-refractivity contribution in [2.45, 2.75) is 36.1 Å². The van der Waals surface area contributed by atoms with Gasteiger partial charge < -0.3 is 5.73 Å². The van der Waals surface area contributed by atoms with Crippen LogP contribution >= 0.6 is 11.3 Å². The molecule has 2 fully saturated rings. The largest absolute Gasteiger partial charge is 0.374 e. The van der Waals surface area contributed by atoms with Crippen LogP contribution < -0.4 is 5.73 Å².